The average molecular weight is 334 g/mol. The van der Waals surface area contributed by atoms with Crippen molar-refractivity contribution in [2.24, 2.45) is 7.05 Å². The molecule has 6 nitrogen and oxygen atoms in total. The third-order valence-corrected chi connectivity index (χ3v) is 5.47. The molecular weight excluding hydrogens is 312 g/mol. The van der Waals surface area contributed by atoms with Crippen LogP contribution in [0.2, 0.25) is 0 Å². The van der Waals surface area contributed by atoms with E-state index in [4.69, 9.17) is 0 Å². The molecule has 2 aromatic rings. The summed E-state index contributed by atoms with van der Waals surface area (Å²) in [5, 5.41) is 5.76. The highest BCUT2D eigenvalue weighted by Gasteiger charge is 2.23. The van der Waals surface area contributed by atoms with Gasteiger partial charge in [0, 0.05) is 35.5 Å². The molecule has 0 bridgehead atoms. The van der Waals surface area contributed by atoms with Gasteiger partial charge in [-0.25, -0.2) is 0 Å². The summed E-state index contributed by atoms with van der Waals surface area (Å²) in [6, 6.07) is 4.19. The van der Waals surface area contributed by atoms with Crippen LogP contribution in [0.3, 0.4) is 0 Å². The number of hydrogen-bond acceptors (Lipinski definition) is 4. The number of H-pyrrole nitrogens is 1. The maximum atomic E-state index is 12.1. The Labute approximate surface area is 139 Å². The quantitative estimate of drug-likeness (QED) is 0.857. The Morgan fingerprint density at radius 2 is 2.17 bits per heavy atom. The summed E-state index contributed by atoms with van der Waals surface area (Å²) in [7, 11) is 1.84. The van der Waals surface area contributed by atoms with Crippen LogP contribution in [0.15, 0.2) is 16.9 Å². The second-order valence-corrected chi connectivity index (χ2v) is 7.14. The Morgan fingerprint density at radius 1 is 1.39 bits per heavy atom. The molecule has 0 fully saturated rings. The average Bonchev–Trinajstić information content (AvgIpc) is 3.10. The molecule has 3 heterocycles. The number of aromatic nitrogens is 2. The molecule has 0 radical (unpaired) electrons. The molecule has 1 aliphatic heterocycles. The molecule has 23 heavy (non-hydrogen) atoms. The number of fused-ring (bicyclic) bond motifs is 1. The van der Waals surface area contributed by atoms with Gasteiger partial charge in [-0.1, -0.05) is 6.92 Å². The van der Waals surface area contributed by atoms with Crippen molar-refractivity contribution in [3.05, 3.63) is 43.5 Å². The van der Waals surface area contributed by atoms with E-state index in [2.05, 4.69) is 34.4 Å². The van der Waals surface area contributed by atoms with Crippen molar-refractivity contribution in [1.82, 2.24) is 20.0 Å². The number of aromatic amines is 1. The number of amides is 1. The van der Waals surface area contributed by atoms with Gasteiger partial charge in [-0.15, -0.1) is 11.3 Å². The SMILES string of the molecule is CCc1ccc(CNC(=O)CN2CCc3c(n(C)[nH]c3=O)C2)s1. The Bertz CT molecular complexity index is 758. The predicted octanol–water partition coefficient (Wildman–Crippen LogP) is 1.01. The number of carbonyl (C=O) groups is 1. The van der Waals surface area contributed by atoms with E-state index < -0.39 is 0 Å². The molecule has 2 aromatic heterocycles. The number of aryl methyl sites for hydroxylation is 2. The lowest BCUT2D eigenvalue weighted by atomic mass is 10.1. The molecule has 0 spiro atoms. The predicted molar refractivity (Wildman–Crippen MR) is 90.6 cm³/mol. The molecular formula is C16H22N4O2S. The monoisotopic (exact) mass is 334 g/mol. The lowest BCUT2D eigenvalue weighted by Crippen LogP contribution is -2.40. The molecule has 1 amide bonds. The van der Waals surface area contributed by atoms with Gasteiger partial charge < -0.3 is 5.32 Å². The lowest BCUT2D eigenvalue weighted by molar-refractivity contribution is -0.122. The van der Waals surface area contributed by atoms with Crippen LogP contribution in [0.1, 0.15) is 27.9 Å². The number of nitrogens with zero attached hydrogens (tertiary/aromatic N) is 2. The minimum absolute atomic E-state index is 0.00368. The van der Waals surface area contributed by atoms with E-state index in [1.807, 2.05) is 7.05 Å². The molecule has 0 aromatic carbocycles. The van der Waals surface area contributed by atoms with Gasteiger partial charge in [-0.2, -0.15) is 0 Å². The minimum atomic E-state index is -0.00368. The minimum Gasteiger partial charge on any atom is -0.350 e. The van der Waals surface area contributed by atoms with Gasteiger partial charge in [0.25, 0.3) is 5.56 Å². The zero-order valence-electron chi connectivity index (χ0n) is 13.5. The number of carbonyl (C=O) groups excluding carboxylic acids is 1. The van der Waals surface area contributed by atoms with E-state index in [-0.39, 0.29) is 11.5 Å². The molecule has 2 N–H and O–H groups in total. The van der Waals surface area contributed by atoms with Gasteiger partial charge in [0.2, 0.25) is 5.91 Å². The maximum absolute atomic E-state index is 12.1. The molecule has 1 aliphatic rings. The number of thiophene rings is 1. The van der Waals surface area contributed by atoms with Crippen LogP contribution in [0.5, 0.6) is 0 Å². The topological polar surface area (TPSA) is 70.1 Å². The van der Waals surface area contributed by atoms with Crippen molar-refractivity contribution < 1.29 is 4.79 Å². The lowest BCUT2D eigenvalue weighted by Gasteiger charge is -2.26. The van der Waals surface area contributed by atoms with Crippen molar-refractivity contribution in [3.8, 4) is 0 Å². The van der Waals surface area contributed by atoms with Crippen molar-refractivity contribution in [2.75, 3.05) is 13.1 Å². The fraction of sp³-hybridized carbons (Fsp3) is 0.500. The molecule has 3 rings (SSSR count). The van der Waals surface area contributed by atoms with E-state index in [9.17, 15) is 9.59 Å². The fourth-order valence-electron chi connectivity index (χ4n) is 2.93. The van der Waals surface area contributed by atoms with Crippen molar-refractivity contribution in [3.63, 3.8) is 0 Å². The third-order valence-electron chi connectivity index (χ3n) is 4.24. The first-order valence-electron chi connectivity index (χ1n) is 7.90. The van der Waals surface area contributed by atoms with Gasteiger partial charge in [0.15, 0.2) is 0 Å². The molecule has 124 valence electrons. The number of hydrogen-bond donors (Lipinski definition) is 2. The highest BCUT2D eigenvalue weighted by atomic mass is 32.1. The van der Waals surface area contributed by atoms with Crippen LogP contribution in [0.4, 0.5) is 0 Å². The second kappa shape index (κ2) is 6.72. The van der Waals surface area contributed by atoms with Gasteiger partial charge in [0.1, 0.15) is 0 Å². The Balaban J connectivity index is 1.52. The molecule has 0 saturated heterocycles. The standard InChI is InChI=1S/C16H22N4O2S/c1-3-11-4-5-12(23-11)8-17-15(21)10-20-7-6-13-14(9-20)19(2)18-16(13)22/h4-5H,3,6-10H2,1-2H3,(H,17,21)(H,18,22). The van der Waals surface area contributed by atoms with Gasteiger partial charge in [-0.05, 0) is 25.0 Å². The first kappa shape index (κ1) is 16.0. The van der Waals surface area contributed by atoms with Crippen molar-refractivity contribution in [2.45, 2.75) is 32.9 Å². The third kappa shape index (κ3) is 3.56. The number of rotatable bonds is 5. The summed E-state index contributed by atoms with van der Waals surface area (Å²) < 4.78 is 1.76. The van der Waals surface area contributed by atoms with Crippen LogP contribution in [-0.2, 0) is 37.8 Å². The van der Waals surface area contributed by atoms with Crippen LogP contribution in [-0.4, -0.2) is 33.7 Å². The van der Waals surface area contributed by atoms with E-state index in [1.165, 1.54) is 9.75 Å². The van der Waals surface area contributed by atoms with E-state index in [0.29, 0.717) is 26.1 Å². The van der Waals surface area contributed by atoms with Crippen molar-refractivity contribution in [1.29, 1.82) is 0 Å². The van der Waals surface area contributed by atoms with E-state index in [0.717, 1.165) is 24.2 Å². The summed E-state index contributed by atoms with van der Waals surface area (Å²) in [4.78, 5) is 28.5. The Kier molecular flexibility index (Phi) is 4.68. The Morgan fingerprint density at radius 3 is 2.91 bits per heavy atom. The zero-order chi connectivity index (χ0) is 16.4. The smallest absolute Gasteiger partial charge is 0.267 e. The summed E-state index contributed by atoms with van der Waals surface area (Å²) in [5.41, 5.74) is 1.84. The van der Waals surface area contributed by atoms with Gasteiger partial charge in [0.05, 0.1) is 18.8 Å². The largest absolute Gasteiger partial charge is 0.350 e. The maximum Gasteiger partial charge on any atom is 0.267 e. The molecule has 0 atom stereocenters. The van der Waals surface area contributed by atoms with Gasteiger partial charge >= 0.3 is 0 Å². The number of nitrogens with one attached hydrogen (secondary N) is 2. The first-order chi connectivity index (χ1) is 11.1. The van der Waals surface area contributed by atoms with E-state index in [1.54, 1.807) is 16.0 Å². The van der Waals surface area contributed by atoms with Crippen LogP contribution < -0.4 is 10.9 Å². The summed E-state index contributed by atoms with van der Waals surface area (Å²) in [5.74, 6) is 0.0282. The summed E-state index contributed by atoms with van der Waals surface area (Å²) >= 11 is 1.75. The summed E-state index contributed by atoms with van der Waals surface area (Å²) in [6.45, 7) is 4.46. The molecule has 0 saturated carbocycles. The highest BCUT2D eigenvalue weighted by molar-refractivity contribution is 7.11. The van der Waals surface area contributed by atoms with Crippen LogP contribution in [0, 0.1) is 0 Å². The normalized spacial score (nSPS) is 14.7. The molecule has 0 aliphatic carbocycles. The highest BCUT2D eigenvalue weighted by Crippen LogP contribution is 2.17. The van der Waals surface area contributed by atoms with Crippen LogP contribution >= 0.6 is 11.3 Å². The molecule has 0 unspecified atom stereocenters. The zero-order valence-corrected chi connectivity index (χ0v) is 14.3. The second-order valence-electron chi connectivity index (χ2n) is 5.88. The molecule has 7 heteroatoms. The fourth-order valence-corrected chi connectivity index (χ4v) is 3.83. The first-order valence-corrected chi connectivity index (χ1v) is 8.72. The van der Waals surface area contributed by atoms with Crippen molar-refractivity contribution >= 4 is 17.2 Å². The van der Waals surface area contributed by atoms with Crippen LogP contribution in [0.25, 0.3) is 0 Å². The Hall–Kier alpha value is -1.86. The van der Waals surface area contributed by atoms with E-state index >= 15 is 0 Å². The summed E-state index contributed by atoms with van der Waals surface area (Å²) in [6.07, 6.45) is 1.73. The van der Waals surface area contributed by atoms with Gasteiger partial charge in [-0.3, -0.25) is 24.3 Å².